The van der Waals surface area contributed by atoms with Crippen LogP contribution in [0.1, 0.15) is 30.3 Å². The van der Waals surface area contributed by atoms with Crippen LogP contribution in [0.25, 0.3) is 0 Å². The quantitative estimate of drug-likeness (QED) is 0.865. The van der Waals surface area contributed by atoms with Crippen LogP contribution >= 0.6 is 0 Å². The van der Waals surface area contributed by atoms with Crippen molar-refractivity contribution in [2.24, 2.45) is 0 Å². The summed E-state index contributed by atoms with van der Waals surface area (Å²) in [5.74, 6) is 0.971. The number of aromatic nitrogens is 2. The number of aliphatic hydroxyl groups excluding tert-OH is 1. The fourth-order valence-electron chi connectivity index (χ4n) is 2.22. The highest BCUT2D eigenvalue weighted by atomic mass is 16.3. The average molecular weight is 258 g/mol. The van der Waals surface area contributed by atoms with Crippen LogP contribution in [-0.4, -0.2) is 20.8 Å². The van der Waals surface area contributed by atoms with Gasteiger partial charge in [0.05, 0.1) is 6.10 Å². The molecule has 19 heavy (non-hydrogen) atoms. The van der Waals surface area contributed by atoms with Gasteiger partial charge >= 0.3 is 0 Å². The SMILES string of the molecule is CCn1ccnc1CC(O)CCc1ccc(C)cc1. The van der Waals surface area contributed by atoms with Gasteiger partial charge in [-0.1, -0.05) is 29.8 Å². The molecule has 0 saturated carbocycles. The van der Waals surface area contributed by atoms with Gasteiger partial charge in [-0.05, 0) is 32.3 Å². The van der Waals surface area contributed by atoms with Crippen molar-refractivity contribution in [2.45, 2.75) is 45.8 Å². The Morgan fingerprint density at radius 2 is 2.00 bits per heavy atom. The Labute approximate surface area is 114 Å². The van der Waals surface area contributed by atoms with Gasteiger partial charge in [-0.15, -0.1) is 0 Å². The van der Waals surface area contributed by atoms with Gasteiger partial charge in [0.2, 0.25) is 0 Å². The Bertz CT molecular complexity index is 502. The van der Waals surface area contributed by atoms with Gasteiger partial charge in [-0.25, -0.2) is 4.98 Å². The standard InChI is InChI=1S/C16H22N2O/c1-3-18-11-10-17-16(18)12-15(19)9-8-14-6-4-13(2)5-7-14/h4-7,10-11,15,19H,3,8-9,12H2,1-2H3. The van der Waals surface area contributed by atoms with Crippen molar-refractivity contribution in [1.82, 2.24) is 9.55 Å². The molecule has 102 valence electrons. The lowest BCUT2D eigenvalue weighted by Gasteiger charge is -2.11. The van der Waals surface area contributed by atoms with E-state index < -0.39 is 0 Å². The molecule has 0 radical (unpaired) electrons. The predicted octanol–water partition coefficient (Wildman–Crippen LogP) is 2.75. The van der Waals surface area contributed by atoms with Gasteiger partial charge in [0, 0.05) is 25.4 Å². The molecule has 1 N–H and O–H groups in total. The number of nitrogens with zero attached hydrogens (tertiary/aromatic N) is 2. The summed E-state index contributed by atoms with van der Waals surface area (Å²) < 4.78 is 2.08. The predicted molar refractivity (Wildman–Crippen MR) is 77.1 cm³/mol. The molecule has 1 unspecified atom stereocenters. The highest BCUT2D eigenvalue weighted by Gasteiger charge is 2.10. The second kappa shape index (κ2) is 6.53. The Hall–Kier alpha value is -1.61. The van der Waals surface area contributed by atoms with Crippen LogP contribution in [0.15, 0.2) is 36.7 Å². The van der Waals surface area contributed by atoms with Crippen molar-refractivity contribution in [1.29, 1.82) is 0 Å². The molecule has 0 fully saturated rings. The van der Waals surface area contributed by atoms with E-state index in [1.165, 1.54) is 11.1 Å². The van der Waals surface area contributed by atoms with Crippen molar-refractivity contribution in [3.63, 3.8) is 0 Å². The van der Waals surface area contributed by atoms with E-state index in [1.807, 2.05) is 6.20 Å². The molecule has 0 saturated heterocycles. The summed E-state index contributed by atoms with van der Waals surface area (Å²) in [5.41, 5.74) is 2.55. The van der Waals surface area contributed by atoms with E-state index in [0.717, 1.165) is 25.2 Å². The molecule has 1 aromatic heterocycles. The first-order chi connectivity index (χ1) is 9.19. The van der Waals surface area contributed by atoms with Gasteiger partial charge in [0.15, 0.2) is 0 Å². The lowest BCUT2D eigenvalue weighted by atomic mass is 10.0. The molecule has 1 heterocycles. The van der Waals surface area contributed by atoms with Crippen LogP contribution in [0.5, 0.6) is 0 Å². The molecule has 1 aromatic carbocycles. The van der Waals surface area contributed by atoms with Crippen LogP contribution in [0.3, 0.4) is 0 Å². The minimum Gasteiger partial charge on any atom is -0.393 e. The lowest BCUT2D eigenvalue weighted by Crippen LogP contribution is -2.15. The Kier molecular flexibility index (Phi) is 4.74. The van der Waals surface area contributed by atoms with Crippen LogP contribution < -0.4 is 0 Å². The smallest absolute Gasteiger partial charge is 0.111 e. The van der Waals surface area contributed by atoms with E-state index in [1.54, 1.807) is 6.20 Å². The normalized spacial score (nSPS) is 12.6. The molecule has 0 aliphatic carbocycles. The Morgan fingerprint density at radius 3 is 2.68 bits per heavy atom. The summed E-state index contributed by atoms with van der Waals surface area (Å²) in [7, 11) is 0. The molecule has 1 atom stereocenters. The van der Waals surface area contributed by atoms with Crippen LogP contribution in [-0.2, 0) is 19.4 Å². The molecule has 2 aromatic rings. The number of hydrogen-bond acceptors (Lipinski definition) is 2. The van der Waals surface area contributed by atoms with E-state index in [-0.39, 0.29) is 6.10 Å². The highest BCUT2D eigenvalue weighted by molar-refractivity contribution is 5.21. The third kappa shape index (κ3) is 3.93. The van der Waals surface area contributed by atoms with E-state index in [2.05, 4.69) is 47.7 Å². The zero-order chi connectivity index (χ0) is 13.7. The molecule has 0 aliphatic heterocycles. The highest BCUT2D eigenvalue weighted by Crippen LogP contribution is 2.10. The first-order valence-corrected chi connectivity index (χ1v) is 6.92. The maximum absolute atomic E-state index is 10.1. The maximum Gasteiger partial charge on any atom is 0.111 e. The molecule has 3 heteroatoms. The molecule has 0 spiro atoms. The van der Waals surface area contributed by atoms with E-state index in [0.29, 0.717) is 6.42 Å². The monoisotopic (exact) mass is 258 g/mol. The fourth-order valence-corrected chi connectivity index (χ4v) is 2.22. The lowest BCUT2D eigenvalue weighted by molar-refractivity contribution is 0.161. The first kappa shape index (κ1) is 13.8. The fraction of sp³-hybridized carbons (Fsp3) is 0.438. The third-order valence-corrected chi connectivity index (χ3v) is 3.45. The summed E-state index contributed by atoms with van der Waals surface area (Å²) in [6.45, 7) is 5.08. The summed E-state index contributed by atoms with van der Waals surface area (Å²) in [5, 5.41) is 10.1. The zero-order valence-electron chi connectivity index (χ0n) is 11.7. The second-order valence-electron chi connectivity index (χ2n) is 5.01. The first-order valence-electron chi connectivity index (χ1n) is 6.92. The van der Waals surface area contributed by atoms with E-state index in [4.69, 9.17) is 0 Å². The molecule has 0 amide bonds. The van der Waals surface area contributed by atoms with E-state index >= 15 is 0 Å². The van der Waals surface area contributed by atoms with Gasteiger partial charge < -0.3 is 9.67 Å². The van der Waals surface area contributed by atoms with Crippen molar-refractivity contribution in [3.05, 3.63) is 53.6 Å². The minimum atomic E-state index is -0.325. The molecular weight excluding hydrogens is 236 g/mol. The number of imidazole rings is 1. The van der Waals surface area contributed by atoms with Crippen LogP contribution in [0.4, 0.5) is 0 Å². The second-order valence-corrected chi connectivity index (χ2v) is 5.01. The van der Waals surface area contributed by atoms with Crippen molar-refractivity contribution >= 4 is 0 Å². The van der Waals surface area contributed by atoms with Gasteiger partial charge in [0.1, 0.15) is 5.82 Å². The summed E-state index contributed by atoms with van der Waals surface area (Å²) >= 11 is 0. The number of hydrogen-bond donors (Lipinski definition) is 1. The molecule has 0 bridgehead atoms. The van der Waals surface area contributed by atoms with Crippen LogP contribution in [0, 0.1) is 6.92 Å². The number of rotatable bonds is 6. The molecule has 0 aliphatic rings. The number of aliphatic hydroxyl groups is 1. The van der Waals surface area contributed by atoms with Gasteiger partial charge in [-0.3, -0.25) is 0 Å². The van der Waals surface area contributed by atoms with Crippen molar-refractivity contribution < 1.29 is 5.11 Å². The molecule has 2 rings (SSSR count). The van der Waals surface area contributed by atoms with Crippen molar-refractivity contribution in [3.8, 4) is 0 Å². The Balaban J connectivity index is 1.84. The third-order valence-electron chi connectivity index (χ3n) is 3.45. The van der Waals surface area contributed by atoms with Crippen LogP contribution in [0.2, 0.25) is 0 Å². The summed E-state index contributed by atoms with van der Waals surface area (Å²) in [4.78, 5) is 4.30. The number of benzene rings is 1. The van der Waals surface area contributed by atoms with E-state index in [9.17, 15) is 5.11 Å². The Morgan fingerprint density at radius 1 is 1.26 bits per heavy atom. The maximum atomic E-state index is 10.1. The zero-order valence-corrected chi connectivity index (χ0v) is 11.7. The van der Waals surface area contributed by atoms with Crippen molar-refractivity contribution in [2.75, 3.05) is 0 Å². The summed E-state index contributed by atoms with van der Waals surface area (Å²) in [6, 6.07) is 8.50. The summed E-state index contributed by atoms with van der Waals surface area (Å²) in [6.07, 6.45) is 5.75. The minimum absolute atomic E-state index is 0.325. The molecule has 3 nitrogen and oxygen atoms in total. The van der Waals surface area contributed by atoms with Gasteiger partial charge in [-0.2, -0.15) is 0 Å². The molecular formula is C16H22N2O. The largest absolute Gasteiger partial charge is 0.393 e. The number of aryl methyl sites for hydroxylation is 3. The average Bonchev–Trinajstić information content (AvgIpc) is 2.85. The topological polar surface area (TPSA) is 38.0 Å². The van der Waals surface area contributed by atoms with Gasteiger partial charge in [0.25, 0.3) is 0 Å².